The molecule has 0 saturated carbocycles. The van der Waals surface area contributed by atoms with Gasteiger partial charge in [0.25, 0.3) is 0 Å². The van der Waals surface area contributed by atoms with Gasteiger partial charge in [0.05, 0.1) is 6.54 Å². The molecule has 1 aromatic heterocycles. The van der Waals surface area contributed by atoms with Gasteiger partial charge < -0.3 is 9.47 Å². The van der Waals surface area contributed by atoms with Crippen LogP contribution in [0.15, 0.2) is 0 Å². The quantitative estimate of drug-likeness (QED) is 0.837. The molecule has 19 heavy (non-hydrogen) atoms. The van der Waals surface area contributed by atoms with Gasteiger partial charge in [-0.3, -0.25) is 4.79 Å². The predicted molar refractivity (Wildman–Crippen MR) is 73.6 cm³/mol. The van der Waals surface area contributed by atoms with E-state index in [1.807, 2.05) is 11.8 Å². The van der Waals surface area contributed by atoms with Crippen LogP contribution in [0.2, 0.25) is 0 Å². The molecule has 0 bridgehead atoms. The number of carbonyl (C=O) groups excluding carboxylic acids is 1. The van der Waals surface area contributed by atoms with Crippen LogP contribution >= 0.6 is 0 Å². The fourth-order valence-corrected chi connectivity index (χ4v) is 2.66. The predicted octanol–water partition coefficient (Wildman–Crippen LogP) is 2.18. The SMILES string of the molecule is CCC[C@@H](C)C(=O)N1CCn2c(nnc2C(C)C)C1. The first kappa shape index (κ1) is 14.0. The molecule has 0 aliphatic carbocycles. The Labute approximate surface area is 115 Å². The molecule has 0 N–H and O–H groups in total. The molecule has 1 amide bonds. The van der Waals surface area contributed by atoms with E-state index >= 15 is 0 Å². The Bertz CT molecular complexity index is 452. The zero-order valence-electron chi connectivity index (χ0n) is 12.4. The smallest absolute Gasteiger partial charge is 0.225 e. The lowest BCUT2D eigenvalue weighted by atomic mass is 10.0. The Morgan fingerprint density at radius 1 is 1.26 bits per heavy atom. The van der Waals surface area contributed by atoms with Crippen molar-refractivity contribution in [3.05, 3.63) is 11.6 Å². The molecule has 0 unspecified atom stereocenters. The molecule has 1 aliphatic rings. The van der Waals surface area contributed by atoms with Crippen LogP contribution in [0, 0.1) is 5.92 Å². The largest absolute Gasteiger partial charge is 0.333 e. The van der Waals surface area contributed by atoms with Gasteiger partial charge in [-0.15, -0.1) is 10.2 Å². The highest BCUT2D eigenvalue weighted by Gasteiger charge is 2.27. The first-order valence-electron chi connectivity index (χ1n) is 7.25. The van der Waals surface area contributed by atoms with Crippen LogP contribution in [0.5, 0.6) is 0 Å². The van der Waals surface area contributed by atoms with Crippen LogP contribution in [-0.2, 0) is 17.9 Å². The lowest BCUT2D eigenvalue weighted by Crippen LogP contribution is -2.41. The highest BCUT2D eigenvalue weighted by Crippen LogP contribution is 2.20. The van der Waals surface area contributed by atoms with Gasteiger partial charge in [-0.25, -0.2) is 0 Å². The van der Waals surface area contributed by atoms with Crippen LogP contribution in [0.25, 0.3) is 0 Å². The average molecular weight is 264 g/mol. The summed E-state index contributed by atoms with van der Waals surface area (Å²) in [5.74, 6) is 2.70. The van der Waals surface area contributed by atoms with Gasteiger partial charge in [0.15, 0.2) is 5.82 Å². The number of amides is 1. The minimum atomic E-state index is 0.115. The second kappa shape index (κ2) is 5.72. The summed E-state index contributed by atoms with van der Waals surface area (Å²) in [6.07, 6.45) is 2.01. The minimum Gasteiger partial charge on any atom is -0.333 e. The van der Waals surface area contributed by atoms with E-state index in [-0.39, 0.29) is 11.8 Å². The number of hydrogen-bond acceptors (Lipinski definition) is 3. The van der Waals surface area contributed by atoms with Crippen molar-refractivity contribution in [2.75, 3.05) is 6.54 Å². The summed E-state index contributed by atoms with van der Waals surface area (Å²) in [6, 6.07) is 0. The monoisotopic (exact) mass is 264 g/mol. The van der Waals surface area contributed by atoms with E-state index in [1.165, 1.54) is 0 Å². The fraction of sp³-hybridized carbons (Fsp3) is 0.786. The van der Waals surface area contributed by atoms with E-state index in [9.17, 15) is 4.79 Å². The van der Waals surface area contributed by atoms with Crippen LogP contribution < -0.4 is 0 Å². The van der Waals surface area contributed by atoms with Crippen molar-refractivity contribution in [1.29, 1.82) is 0 Å². The maximum atomic E-state index is 12.3. The number of rotatable bonds is 4. The first-order chi connectivity index (χ1) is 9.04. The zero-order valence-corrected chi connectivity index (χ0v) is 12.4. The Morgan fingerprint density at radius 2 is 2.00 bits per heavy atom. The molecule has 0 radical (unpaired) electrons. The van der Waals surface area contributed by atoms with Crippen molar-refractivity contribution >= 4 is 5.91 Å². The highest BCUT2D eigenvalue weighted by atomic mass is 16.2. The molecule has 1 aliphatic heterocycles. The molecule has 0 spiro atoms. The topological polar surface area (TPSA) is 51.0 Å². The Hall–Kier alpha value is -1.39. The summed E-state index contributed by atoms with van der Waals surface area (Å²) in [7, 11) is 0. The normalized spacial score (nSPS) is 16.6. The van der Waals surface area contributed by atoms with Gasteiger partial charge in [-0.1, -0.05) is 34.1 Å². The van der Waals surface area contributed by atoms with Crippen molar-refractivity contribution < 1.29 is 4.79 Å². The van der Waals surface area contributed by atoms with Crippen molar-refractivity contribution in [2.24, 2.45) is 5.92 Å². The fourth-order valence-electron chi connectivity index (χ4n) is 2.66. The number of hydrogen-bond donors (Lipinski definition) is 0. The van der Waals surface area contributed by atoms with Crippen molar-refractivity contribution in [3.63, 3.8) is 0 Å². The van der Waals surface area contributed by atoms with E-state index in [1.54, 1.807) is 0 Å². The maximum Gasteiger partial charge on any atom is 0.225 e. The highest BCUT2D eigenvalue weighted by molar-refractivity contribution is 5.78. The second-order valence-electron chi connectivity index (χ2n) is 5.73. The standard InChI is InChI=1S/C14H24N4O/c1-5-6-11(4)14(19)17-7-8-18-12(9-17)15-16-13(18)10(2)3/h10-11H,5-9H2,1-4H3/t11-/m1/s1. The number of fused-ring (bicyclic) bond motifs is 1. The Kier molecular flexibility index (Phi) is 4.22. The number of nitrogens with zero attached hydrogens (tertiary/aromatic N) is 4. The molecule has 5 heteroatoms. The van der Waals surface area contributed by atoms with E-state index in [4.69, 9.17) is 0 Å². The zero-order chi connectivity index (χ0) is 14.0. The summed E-state index contributed by atoms with van der Waals surface area (Å²) in [4.78, 5) is 14.2. The number of carbonyl (C=O) groups is 1. The van der Waals surface area contributed by atoms with Gasteiger partial charge in [0.1, 0.15) is 5.82 Å². The van der Waals surface area contributed by atoms with Gasteiger partial charge in [-0.05, 0) is 6.42 Å². The van der Waals surface area contributed by atoms with Crippen molar-refractivity contribution in [2.45, 2.75) is 59.5 Å². The Balaban J connectivity index is 2.08. The van der Waals surface area contributed by atoms with Crippen LogP contribution in [-0.4, -0.2) is 32.1 Å². The third kappa shape index (κ3) is 2.80. The summed E-state index contributed by atoms with van der Waals surface area (Å²) in [5.41, 5.74) is 0. The minimum absolute atomic E-state index is 0.115. The molecule has 1 aromatic rings. The molecule has 0 fully saturated rings. The summed E-state index contributed by atoms with van der Waals surface area (Å²) in [6.45, 7) is 10.6. The van der Waals surface area contributed by atoms with E-state index in [2.05, 4.69) is 35.5 Å². The van der Waals surface area contributed by atoms with E-state index in [0.717, 1.165) is 37.6 Å². The molecule has 106 valence electrons. The van der Waals surface area contributed by atoms with E-state index in [0.29, 0.717) is 12.5 Å². The van der Waals surface area contributed by atoms with Crippen molar-refractivity contribution in [1.82, 2.24) is 19.7 Å². The lowest BCUT2D eigenvalue weighted by Gasteiger charge is -2.30. The Morgan fingerprint density at radius 3 is 2.63 bits per heavy atom. The van der Waals surface area contributed by atoms with Crippen LogP contribution in [0.1, 0.15) is 58.1 Å². The van der Waals surface area contributed by atoms with Crippen LogP contribution in [0.3, 0.4) is 0 Å². The molecular formula is C14H24N4O. The van der Waals surface area contributed by atoms with Gasteiger partial charge in [0.2, 0.25) is 5.91 Å². The molecule has 0 aromatic carbocycles. The molecular weight excluding hydrogens is 240 g/mol. The molecule has 1 atom stereocenters. The summed E-state index contributed by atoms with van der Waals surface area (Å²) in [5, 5.41) is 8.48. The lowest BCUT2D eigenvalue weighted by molar-refractivity contribution is -0.136. The average Bonchev–Trinajstić information content (AvgIpc) is 2.80. The van der Waals surface area contributed by atoms with E-state index < -0.39 is 0 Å². The molecule has 2 rings (SSSR count). The maximum absolute atomic E-state index is 12.3. The van der Waals surface area contributed by atoms with Gasteiger partial charge in [0, 0.05) is 24.9 Å². The molecule has 2 heterocycles. The van der Waals surface area contributed by atoms with Crippen molar-refractivity contribution in [3.8, 4) is 0 Å². The first-order valence-corrected chi connectivity index (χ1v) is 7.25. The summed E-state index contributed by atoms with van der Waals surface area (Å²) >= 11 is 0. The van der Waals surface area contributed by atoms with Gasteiger partial charge >= 0.3 is 0 Å². The second-order valence-corrected chi connectivity index (χ2v) is 5.73. The number of aromatic nitrogens is 3. The summed E-state index contributed by atoms with van der Waals surface area (Å²) < 4.78 is 2.17. The van der Waals surface area contributed by atoms with Crippen LogP contribution in [0.4, 0.5) is 0 Å². The molecule has 5 nitrogen and oxygen atoms in total. The third-order valence-corrected chi connectivity index (χ3v) is 3.75. The molecule has 0 saturated heterocycles. The van der Waals surface area contributed by atoms with Gasteiger partial charge in [-0.2, -0.15) is 0 Å². The third-order valence-electron chi connectivity index (χ3n) is 3.75.